The molecule has 130 valence electrons. The van der Waals surface area contributed by atoms with Crippen LogP contribution in [0.15, 0.2) is 0 Å². The van der Waals surface area contributed by atoms with Crippen molar-refractivity contribution in [3.63, 3.8) is 0 Å². The Balaban J connectivity index is 2.65. The van der Waals surface area contributed by atoms with Crippen molar-refractivity contribution in [2.24, 2.45) is 0 Å². The molecule has 8 nitrogen and oxygen atoms in total. The smallest absolute Gasteiger partial charge is 0.408 e. The summed E-state index contributed by atoms with van der Waals surface area (Å²) in [5.41, 5.74) is -0.693. The zero-order valence-corrected chi connectivity index (χ0v) is 13.9. The van der Waals surface area contributed by atoms with Crippen LogP contribution < -0.4 is 10.6 Å². The molecular weight excluding hydrogens is 304 g/mol. The molecule has 2 atom stereocenters. The van der Waals surface area contributed by atoms with Crippen LogP contribution in [0, 0.1) is 0 Å². The lowest BCUT2D eigenvalue weighted by atomic mass is 10.1. The van der Waals surface area contributed by atoms with E-state index in [1.54, 1.807) is 20.8 Å². The Hall–Kier alpha value is -2.12. The highest BCUT2D eigenvalue weighted by Gasteiger charge is 2.36. The van der Waals surface area contributed by atoms with E-state index in [-0.39, 0.29) is 6.42 Å². The lowest BCUT2D eigenvalue weighted by molar-refractivity contribution is -0.156. The Kier molecular flexibility index (Phi) is 6.53. The van der Waals surface area contributed by atoms with Crippen molar-refractivity contribution in [3.8, 4) is 0 Å². The Morgan fingerprint density at radius 2 is 2.00 bits per heavy atom. The third kappa shape index (κ3) is 6.66. The summed E-state index contributed by atoms with van der Waals surface area (Å²) in [5, 5.41) is 4.51. The number of amides is 3. The fraction of sp³-hybridized carbons (Fsp3) is 0.733. The van der Waals surface area contributed by atoms with E-state index >= 15 is 0 Å². The van der Waals surface area contributed by atoms with Gasteiger partial charge in [-0.05, 0) is 27.2 Å². The van der Waals surface area contributed by atoms with Crippen molar-refractivity contribution < 1.29 is 28.7 Å². The number of carbonyl (C=O) groups excluding carboxylic acids is 4. The number of alkyl carbamates (subject to hydrolysis) is 1. The summed E-state index contributed by atoms with van der Waals surface area (Å²) in [6.07, 6.45) is -0.205. The topological polar surface area (TPSA) is 111 Å². The second kappa shape index (κ2) is 7.94. The molecule has 1 aliphatic heterocycles. The maximum absolute atomic E-state index is 12.2. The first kappa shape index (κ1) is 18.9. The third-order valence-corrected chi connectivity index (χ3v) is 3.01. The number of unbranched alkanes of at least 4 members (excludes halogenated alkanes) is 1. The van der Waals surface area contributed by atoms with Crippen LogP contribution in [-0.4, -0.2) is 41.6 Å². The van der Waals surface area contributed by atoms with Crippen LogP contribution in [0.3, 0.4) is 0 Å². The van der Waals surface area contributed by atoms with Crippen molar-refractivity contribution in [3.05, 3.63) is 0 Å². The molecule has 0 radical (unpaired) electrons. The standard InChI is InChI=1S/C15H24N2O6/c1-5-6-7-9(16-14(21)23-15(2,3)4)13(20)22-10-8-11(18)17-12(10)19/h9-10H,5-8H2,1-4H3,(H,16,21)(H,17,18,19)/t9-,10+/m0/s1. The zero-order chi connectivity index (χ0) is 17.6. The molecule has 0 aliphatic carbocycles. The van der Waals surface area contributed by atoms with Gasteiger partial charge in [-0.25, -0.2) is 9.59 Å². The minimum atomic E-state index is -1.14. The molecule has 23 heavy (non-hydrogen) atoms. The van der Waals surface area contributed by atoms with Crippen molar-refractivity contribution >= 4 is 23.9 Å². The Morgan fingerprint density at radius 3 is 2.48 bits per heavy atom. The second-order valence-corrected chi connectivity index (χ2v) is 6.38. The molecule has 0 saturated carbocycles. The first-order chi connectivity index (χ1) is 10.6. The van der Waals surface area contributed by atoms with Gasteiger partial charge in [-0.2, -0.15) is 0 Å². The number of nitrogens with one attached hydrogen (secondary N) is 2. The van der Waals surface area contributed by atoms with Crippen molar-refractivity contribution in [2.75, 3.05) is 0 Å². The van der Waals surface area contributed by atoms with Crippen molar-refractivity contribution in [1.82, 2.24) is 10.6 Å². The molecule has 0 bridgehead atoms. The molecule has 1 rings (SSSR count). The first-order valence-corrected chi connectivity index (χ1v) is 7.66. The molecule has 0 aromatic carbocycles. The summed E-state index contributed by atoms with van der Waals surface area (Å²) < 4.78 is 10.2. The number of hydrogen-bond donors (Lipinski definition) is 2. The van der Waals surface area contributed by atoms with E-state index < -0.39 is 41.6 Å². The maximum atomic E-state index is 12.2. The van der Waals surface area contributed by atoms with E-state index in [9.17, 15) is 19.2 Å². The number of imide groups is 1. The lowest BCUT2D eigenvalue weighted by Gasteiger charge is -2.23. The highest BCUT2D eigenvalue weighted by Crippen LogP contribution is 2.12. The van der Waals surface area contributed by atoms with Gasteiger partial charge in [0.05, 0.1) is 6.42 Å². The van der Waals surface area contributed by atoms with Crippen LogP contribution in [0.1, 0.15) is 53.4 Å². The van der Waals surface area contributed by atoms with Gasteiger partial charge in [0.15, 0.2) is 6.10 Å². The van der Waals surface area contributed by atoms with Gasteiger partial charge in [0.2, 0.25) is 5.91 Å². The number of rotatable bonds is 6. The average molecular weight is 328 g/mol. The highest BCUT2D eigenvalue weighted by molar-refractivity contribution is 6.05. The minimum Gasteiger partial charge on any atom is -0.450 e. The molecule has 0 aromatic heterocycles. The predicted octanol–water partition coefficient (Wildman–Crippen LogP) is 1.03. The van der Waals surface area contributed by atoms with Crippen molar-refractivity contribution in [2.45, 2.75) is 71.1 Å². The van der Waals surface area contributed by atoms with E-state index in [4.69, 9.17) is 9.47 Å². The first-order valence-electron chi connectivity index (χ1n) is 7.66. The van der Waals surface area contributed by atoms with Gasteiger partial charge in [0.25, 0.3) is 5.91 Å². The monoisotopic (exact) mass is 328 g/mol. The molecule has 1 heterocycles. The molecule has 1 aliphatic rings. The largest absolute Gasteiger partial charge is 0.450 e. The van der Waals surface area contributed by atoms with E-state index in [2.05, 4.69) is 10.6 Å². The summed E-state index contributed by atoms with van der Waals surface area (Å²) in [6.45, 7) is 7.07. The molecule has 0 aromatic rings. The average Bonchev–Trinajstić information content (AvgIpc) is 2.70. The van der Waals surface area contributed by atoms with Crippen LogP contribution in [0.5, 0.6) is 0 Å². The molecule has 3 amide bonds. The predicted molar refractivity (Wildman–Crippen MR) is 80.3 cm³/mol. The summed E-state index contributed by atoms with van der Waals surface area (Å²) in [6, 6.07) is -0.923. The summed E-state index contributed by atoms with van der Waals surface area (Å²) in [7, 11) is 0. The third-order valence-electron chi connectivity index (χ3n) is 3.01. The van der Waals surface area contributed by atoms with Crippen LogP contribution in [0.25, 0.3) is 0 Å². The molecule has 8 heteroatoms. The lowest BCUT2D eigenvalue weighted by Crippen LogP contribution is -2.45. The fourth-order valence-electron chi connectivity index (χ4n) is 1.95. The molecule has 1 fully saturated rings. The van der Waals surface area contributed by atoms with Crippen LogP contribution in [-0.2, 0) is 23.9 Å². The second-order valence-electron chi connectivity index (χ2n) is 6.38. The van der Waals surface area contributed by atoms with Crippen LogP contribution >= 0.6 is 0 Å². The zero-order valence-electron chi connectivity index (χ0n) is 13.9. The van der Waals surface area contributed by atoms with E-state index in [0.717, 1.165) is 6.42 Å². The van der Waals surface area contributed by atoms with Gasteiger partial charge in [-0.3, -0.25) is 14.9 Å². The Labute approximate surface area is 135 Å². The van der Waals surface area contributed by atoms with Crippen LogP contribution in [0.4, 0.5) is 4.79 Å². The Morgan fingerprint density at radius 1 is 1.35 bits per heavy atom. The highest BCUT2D eigenvalue weighted by atomic mass is 16.6. The van der Waals surface area contributed by atoms with Gasteiger partial charge < -0.3 is 14.8 Å². The minimum absolute atomic E-state index is 0.197. The summed E-state index contributed by atoms with van der Waals surface area (Å²) >= 11 is 0. The van der Waals surface area contributed by atoms with Crippen LogP contribution in [0.2, 0.25) is 0 Å². The van der Waals surface area contributed by atoms with Gasteiger partial charge >= 0.3 is 12.1 Å². The molecule has 2 N–H and O–H groups in total. The molecule has 0 unspecified atom stereocenters. The maximum Gasteiger partial charge on any atom is 0.408 e. The summed E-state index contributed by atoms with van der Waals surface area (Å²) in [5.74, 6) is -1.88. The molecule has 1 saturated heterocycles. The normalized spacial score (nSPS) is 19.0. The summed E-state index contributed by atoms with van der Waals surface area (Å²) in [4.78, 5) is 46.5. The van der Waals surface area contributed by atoms with E-state index in [1.807, 2.05) is 6.92 Å². The molecular formula is C15H24N2O6. The number of hydrogen-bond acceptors (Lipinski definition) is 6. The molecule has 0 spiro atoms. The van der Waals surface area contributed by atoms with Gasteiger partial charge in [-0.1, -0.05) is 19.8 Å². The van der Waals surface area contributed by atoms with E-state index in [0.29, 0.717) is 12.8 Å². The van der Waals surface area contributed by atoms with E-state index in [1.165, 1.54) is 0 Å². The number of ether oxygens (including phenoxy) is 2. The number of esters is 1. The SMILES string of the molecule is CCCC[C@H](NC(=O)OC(C)(C)C)C(=O)O[C@@H]1CC(=O)NC1=O. The fourth-order valence-corrected chi connectivity index (χ4v) is 1.95. The van der Waals surface area contributed by atoms with Crippen molar-refractivity contribution in [1.29, 1.82) is 0 Å². The van der Waals surface area contributed by atoms with Gasteiger partial charge in [-0.15, -0.1) is 0 Å². The quantitative estimate of drug-likeness (QED) is 0.556. The van der Waals surface area contributed by atoms with Gasteiger partial charge in [0.1, 0.15) is 11.6 Å². The number of carbonyl (C=O) groups is 4. The van der Waals surface area contributed by atoms with Gasteiger partial charge in [0, 0.05) is 0 Å². The Bertz CT molecular complexity index is 483.